The molecule has 0 saturated carbocycles. The first kappa shape index (κ1) is 16.2. The predicted molar refractivity (Wildman–Crippen MR) is 76.9 cm³/mol. The first-order chi connectivity index (χ1) is 9.58. The lowest BCUT2D eigenvalue weighted by atomic mass is 10.3. The van der Waals surface area contributed by atoms with E-state index in [-0.39, 0.29) is 18.8 Å². The van der Waals surface area contributed by atoms with Gasteiger partial charge in [0.15, 0.2) is 5.57 Å². The summed E-state index contributed by atoms with van der Waals surface area (Å²) in [5.41, 5.74) is -0.210. The van der Waals surface area contributed by atoms with Crippen LogP contribution in [0, 0.1) is 0 Å². The molecule has 0 fully saturated rings. The highest BCUT2D eigenvalue weighted by molar-refractivity contribution is 9.10. The standard InChI is InChI=1S/C13H15BrN2O4/c1-3-19-12(17)10(13(18)20-4-2)8-16-11-6-5-9(14)7-15-11/h5-8H,3-4H2,1-2H3,(H,15,16). The second kappa shape index (κ2) is 8.31. The van der Waals surface area contributed by atoms with Gasteiger partial charge in [0, 0.05) is 16.9 Å². The summed E-state index contributed by atoms with van der Waals surface area (Å²) in [6.07, 6.45) is 2.82. The maximum absolute atomic E-state index is 11.7. The third kappa shape index (κ3) is 5.00. The minimum atomic E-state index is -0.740. The average Bonchev–Trinajstić information content (AvgIpc) is 2.42. The van der Waals surface area contributed by atoms with E-state index >= 15 is 0 Å². The summed E-state index contributed by atoms with van der Waals surface area (Å²) < 4.78 is 10.4. The number of rotatable bonds is 6. The van der Waals surface area contributed by atoms with Crippen molar-refractivity contribution >= 4 is 33.7 Å². The minimum Gasteiger partial charge on any atom is -0.462 e. The zero-order valence-electron chi connectivity index (χ0n) is 11.2. The monoisotopic (exact) mass is 342 g/mol. The Bertz CT molecular complexity index is 480. The third-order valence-electron chi connectivity index (χ3n) is 2.08. The van der Waals surface area contributed by atoms with Crippen molar-refractivity contribution in [3.05, 3.63) is 34.6 Å². The van der Waals surface area contributed by atoms with Gasteiger partial charge in [-0.25, -0.2) is 14.6 Å². The number of hydrogen-bond donors (Lipinski definition) is 1. The first-order valence-corrected chi connectivity index (χ1v) is 6.80. The van der Waals surface area contributed by atoms with Gasteiger partial charge in [-0.2, -0.15) is 0 Å². The molecule has 0 spiro atoms. The summed E-state index contributed by atoms with van der Waals surface area (Å²) in [4.78, 5) is 27.4. The van der Waals surface area contributed by atoms with E-state index in [0.717, 1.165) is 4.47 Å². The number of anilines is 1. The van der Waals surface area contributed by atoms with E-state index in [1.165, 1.54) is 6.20 Å². The van der Waals surface area contributed by atoms with Crippen molar-refractivity contribution in [1.29, 1.82) is 0 Å². The molecule has 0 radical (unpaired) electrons. The Morgan fingerprint density at radius 3 is 2.30 bits per heavy atom. The van der Waals surface area contributed by atoms with Gasteiger partial charge in [0.2, 0.25) is 0 Å². The van der Waals surface area contributed by atoms with Crippen molar-refractivity contribution in [3.8, 4) is 0 Å². The highest BCUT2D eigenvalue weighted by Crippen LogP contribution is 2.11. The fraction of sp³-hybridized carbons (Fsp3) is 0.308. The van der Waals surface area contributed by atoms with Gasteiger partial charge in [0.25, 0.3) is 0 Å². The second-order valence-corrected chi connectivity index (χ2v) is 4.42. The van der Waals surface area contributed by atoms with Crippen LogP contribution in [0.15, 0.2) is 34.6 Å². The number of nitrogens with zero attached hydrogens (tertiary/aromatic N) is 1. The van der Waals surface area contributed by atoms with Crippen molar-refractivity contribution in [2.24, 2.45) is 0 Å². The van der Waals surface area contributed by atoms with E-state index < -0.39 is 11.9 Å². The largest absolute Gasteiger partial charge is 0.462 e. The van der Waals surface area contributed by atoms with E-state index in [0.29, 0.717) is 5.82 Å². The maximum Gasteiger partial charge on any atom is 0.347 e. The van der Waals surface area contributed by atoms with E-state index in [2.05, 4.69) is 26.2 Å². The molecule has 1 heterocycles. The number of halogens is 1. The molecule has 0 amide bonds. The van der Waals surface area contributed by atoms with Crippen LogP contribution in [0.5, 0.6) is 0 Å². The molecule has 0 saturated heterocycles. The molecule has 1 aromatic rings. The van der Waals surface area contributed by atoms with Gasteiger partial charge in [-0.1, -0.05) is 0 Å². The lowest BCUT2D eigenvalue weighted by Crippen LogP contribution is -2.19. The molecule has 0 atom stereocenters. The van der Waals surface area contributed by atoms with E-state index in [4.69, 9.17) is 9.47 Å². The number of carbonyl (C=O) groups excluding carboxylic acids is 2. The number of esters is 2. The Kier molecular flexibility index (Phi) is 6.72. The Hall–Kier alpha value is -1.89. The molecule has 1 aromatic heterocycles. The van der Waals surface area contributed by atoms with Gasteiger partial charge < -0.3 is 14.8 Å². The number of carbonyl (C=O) groups is 2. The molecule has 0 aliphatic carbocycles. The number of nitrogens with one attached hydrogen (secondary N) is 1. The molecule has 0 bridgehead atoms. The van der Waals surface area contributed by atoms with Crippen LogP contribution >= 0.6 is 15.9 Å². The summed E-state index contributed by atoms with van der Waals surface area (Å²) in [7, 11) is 0. The molecule has 0 aliphatic heterocycles. The van der Waals surface area contributed by atoms with Gasteiger partial charge in [0.1, 0.15) is 5.82 Å². The molecule has 1 N–H and O–H groups in total. The molecular formula is C13H15BrN2O4. The van der Waals surface area contributed by atoms with E-state index in [1.54, 1.807) is 32.2 Å². The lowest BCUT2D eigenvalue weighted by molar-refractivity contribution is -0.146. The smallest absolute Gasteiger partial charge is 0.347 e. The first-order valence-electron chi connectivity index (χ1n) is 6.01. The van der Waals surface area contributed by atoms with Gasteiger partial charge >= 0.3 is 11.9 Å². The number of pyridine rings is 1. The summed E-state index contributed by atoms with van der Waals surface area (Å²) >= 11 is 3.26. The lowest BCUT2D eigenvalue weighted by Gasteiger charge is -2.07. The molecule has 6 nitrogen and oxygen atoms in total. The normalized spacial score (nSPS) is 9.55. The van der Waals surface area contributed by atoms with Crippen LogP contribution in [0.2, 0.25) is 0 Å². The summed E-state index contributed by atoms with van der Waals surface area (Å²) in [6.45, 7) is 3.66. The zero-order valence-corrected chi connectivity index (χ0v) is 12.8. The van der Waals surface area contributed by atoms with Crippen LogP contribution in [0.25, 0.3) is 0 Å². The Labute approximate surface area is 125 Å². The van der Waals surface area contributed by atoms with Gasteiger partial charge in [-0.3, -0.25) is 0 Å². The SMILES string of the molecule is CCOC(=O)C(=CNc1ccc(Br)cn1)C(=O)OCC. The van der Waals surface area contributed by atoms with Crippen LogP contribution in [-0.4, -0.2) is 30.1 Å². The minimum absolute atomic E-state index is 0.173. The molecule has 20 heavy (non-hydrogen) atoms. The van der Waals surface area contributed by atoms with Crippen molar-refractivity contribution in [3.63, 3.8) is 0 Å². The van der Waals surface area contributed by atoms with Crippen LogP contribution in [0.1, 0.15) is 13.8 Å². The number of ether oxygens (including phenoxy) is 2. The highest BCUT2D eigenvalue weighted by Gasteiger charge is 2.20. The summed E-state index contributed by atoms with van der Waals surface area (Å²) in [5.74, 6) is -0.995. The predicted octanol–water partition coefficient (Wildman–Crippen LogP) is 2.27. The molecule has 0 aliphatic rings. The molecule has 7 heteroatoms. The fourth-order valence-electron chi connectivity index (χ4n) is 1.23. The van der Waals surface area contributed by atoms with Crippen LogP contribution in [0.4, 0.5) is 5.82 Å². The number of hydrogen-bond acceptors (Lipinski definition) is 6. The fourth-order valence-corrected chi connectivity index (χ4v) is 1.46. The Morgan fingerprint density at radius 2 is 1.85 bits per heavy atom. The molecule has 1 rings (SSSR count). The number of aromatic nitrogens is 1. The van der Waals surface area contributed by atoms with Crippen LogP contribution in [-0.2, 0) is 19.1 Å². The van der Waals surface area contributed by atoms with Gasteiger partial charge in [-0.15, -0.1) is 0 Å². The average molecular weight is 343 g/mol. The van der Waals surface area contributed by atoms with Gasteiger partial charge in [-0.05, 0) is 41.9 Å². The van der Waals surface area contributed by atoms with E-state index in [9.17, 15) is 9.59 Å². The van der Waals surface area contributed by atoms with Crippen molar-refractivity contribution in [1.82, 2.24) is 4.98 Å². The second-order valence-electron chi connectivity index (χ2n) is 3.50. The Balaban J connectivity index is 2.86. The van der Waals surface area contributed by atoms with Crippen molar-refractivity contribution < 1.29 is 19.1 Å². The molecular weight excluding hydrogens is 328 g/mol. The quantitative estimate of drug-likeness (QED) is 0.370. The van der Waals surface area contributed by atoms with Crippen LogP contribution in [0.3, 0.4) is 0 Å². The summed E-state index contributed by atoms with van der Waals surface area (Å²) in [6, 6.07) is 3.46. The van der Waals surface area contributed by atoms with Gasteiger partial charge in [0.05, 0.1) is 13.2 Å². The highest BCUT2D eigenvalue weighted by atomic mass is 79.9. The van der Waals surface area contributed by atoms with Crippen LogP contribution < -0.4 is 5.32 Å². The van der Waals surface area contributed by atoms with E-state index in [1.807, 2.05) is 0 Å². The third-order valence-corrected chi connectivity index (χ3v) is 2.55. The summed E-state index contributed by atoms with van der Waals surface area (Å²) in [5, 5.41) is 2.75. The molecule has 0 unspecified atom stereocenters. The molecule has 108 valence electrons. The van der Waals surface area contributed by atoms with Crippen molar-refractivity contribution in [2.75, 3.05) is 18.5 Å². The van der Waals surface area contributed by atoms with Crippen molar-refractivity contribution in [2.45, 2.75) is 13.8 Å². The topological polar surface area (TPSA) is 77.5 Å². The molecule has 0 aromatic carbocycles. The zero-order chi connectivity index (χ0) is 15.0. The maximum atomic E-state index is 11.7. The Morgan fingerprint density at radius 1 is 1.25 bits per heavy atom.